The molecule has 0 aliphatic rings. The maximum Gasteiger partial charge on any atom is -0.0266 e. The normalized spacial score (nSPS) is 9.76. The first-order chi connectivity index (χ1) is 7.99. The number of hydrogen-bond donors (Lipinski definition) is 0. The molecule has 0 aliphatic carbocycles. The fourth-order valence-electron chi connectivity index (χ4n) is 1.26. The lowest BCUT2D eigenvalue weighted by molar-refractivity contribution is 0.773. The molecule has 0 saturated heterocycles. The van der Waals surface area contributed by atoms with Crippen LogP contribution < -0.4 is 0 Å². The number of aryl methyl sites for hydroxylation is 2. The molecular weight excluding hydrogens is 204 g/mol. The Morgan fingerprint density at radius 3 is 2.18 bits per heavy atom. The van der Waals surface area contributed by atoms with Crippen LogP contribution in [0.15, 0.2) is 36.4 Å². The molecule has 0 bridgehead atoms. The molecule has 0 nitrogen and oxygen atoms in total. The predicted octanol–water partition coefficient (Wildman–Crippen LogP) is 5.56. The van der Waals surface area contributed by atoms with Gasteiger partial charge in [-0.3, -0.25) is 0 Å². The molecule has 0 radical (unpaired) electrons. The highest BCUT2D eigenvalue weighted by atomic mass is 14.0. The molecule has 0 saturated carbocycles. The van der Waals surface area contributed by atoms with Gasteiger partial charge in [-0.05, 0) is 43.7 Å². The summed E-state index contributed by atoms with van der Waals surface area (Å²) in [5.74, 6) is 0.657. The summed E-state index contributed by atoms with van der Waals surface area (Å²) >= 11 is 0. The number of unbranched alkanes of at least 4 members (excludes halogenated alkanes) is 1. The topological polar surface area (TPSA) is 0 Å². The van der Waals surface area contributed by atoms with Crippen molar-refractivity contribution in [2.75, 3.05) is 0 Å². The first-order valence-corrected chi connectivity index (χ1v) is 6.68. The minimum Gasteiger partial charge on any atom is -0.0999 e. The largest absolute Gasteiger partial charge is 0.0999 e. The van der Waals surface area contributed by atoms with Crippen molar-refractivity contribution < 1.29 is 0 Å². The lowest BCUT2D eigenvalue weighted by Crippen LogP contribution is -1.87. The van der Waals surface area contributed by atoms with Gasteiger partial charge in [-0.2, -0.15) is 0 Å². The molecule has 1 aromatic rings. The number of rotatable bonds is 4. The minimum absolute atomic E-state index is 0.657. The van der Waals surface area contributed by atoms with Gasteiger partial charge in [0.1, 0.15) is 0 Å². The number of hydrogen-bond acceptors (Lipinski definition) is 0. The van der Waals surface area contributed by atoms with E-state index in [1.54, 1.807) is 0 Å². The quantitative estimate of drug-likeness (QED) is 0.596. The van der Waals surface area contributed by atoms with Crippen LogP contribution >= 0.6 is 0 Å². The van der Waals surface area contributed by atoms with Gasteiger partial charge >= 0.3 is 0 Å². The zero-order valence-electron chi connectivity index (χ0n) is 12.2. The van der Waals surface area contributed by atoms with E-state index in [-0.39, 0.29) is 0 Å². The van der Waals surface area contributed by atoms with Crippen molar-refractivity contribution in [3.05, 3.63) is 47.5 Å². The number of allylic oxidation sites excluding steroid dienone is 1. The van der Waals surface area contributed by atoms with Gasteiger partial charge in [0.15, 0.2) is 0 Å². The molecule has 0 fully saturated rings. The highest BCUT2D eigenvalue weighted by molar-refractivity contribution is 5.25. The second-order valence-corrected chi connectivity index (χ2v) is 5.03. The van der Waals surface area contributed by atoms with Gasteiger partial charge in [0, 0.05) is 0 Å². The molecule has 0 N–H and O–H groups in total. The van der Waals surface area contributed by atoms with Gasteiger partial charge < -0.3 is 0 Å². The van der Waals surface area contributed by atoms with Gasteiger partial charge in [-0.25, -0.2) is 0 Å². The summed E-state index contributed by atoms with van der Waals surface area (Å²) in [5, 5.41) is 0. The van der Waals surface area contributed by atoms with E-state index in [2.05, 4.69) is 58.5 Å². The van der Waals surface area contributed by atoms with Crippen LogP contribution in [0.5, 0.6) is 0 Å². The summed E-state index contributed by atoms with van der Waals surface area (Å²) in [6, 6.07) is 8.64. The van der Waals surface area contributed by atoms with Crippen LogP contribution in [0.4, 0.5) is 0 Å². The zero-order chi connectivity index (χ0) is 13.3. The molecule has 0 heteroatoms. The van der Waals surface area contributed by atoms with Gasteiger partial charge in [-0.1, -0.05) is 63.6 Å². The second-order valence-electron chi connectivity index (χ2n) is 5.03. The van der Waals surface area contributed by atoms with E-state index >= 15 is 0 Å². The molecule has 0 heterocycles. The first-order valence-electron chi connectivity index (χ1n) is 6.68. The third kappa shape index (κ3) is 7.79. The third-order valence-electron chi connectivity index (χ3n) is 3.05. The summed E-state index contributed by atoms with van der Waals surface area (Å²) in [6.07, 6.45) is 3.84. The smallest absolute Gasteiger partial charge is 0.0266 e. The molecule has 0 aliphatic heterocycles. The SMILES string of the molecule is C=C(C)C(C)C.CCCCc1ccccc1C. The van der Waals surface area contributed by atoms with Crippen LogP contribution in [0, 0.1) is 12.8 Å². The monoisotopic (exact) mass is 232 g/mol. The number of benzene rings is 1. The molecule has 1 aromatic carbocycles. The highest BCUT2D eigenvalue weighted by Gasteiger charge is 1.94. The van der Waals surface area contributed by atoms with Crippen molar-refractivity contribution in [3.8, 4) is 0 Å². The Morgan fingerprint density at radius 1 is 1.24 bits per heavy atom. The Morgan fingerprint density at radius 2 is 1.76 bits per heavy atom. The second kappa shape index (κ2) is 9.04. The van der Waals surface area contributed by atoms with Crippen molar-refractivity contribution in [2.24, 2.45) is 5.92 Å². The first kappa shape index (κ1) is 16.0. The van der Waals surface area contributed by atoms with Crippen molar-refractivity contribution in [2.45, 2.75) is 53.9 Å². The molecule has 0 amide bonds. The van der Waals surface area contributed by atoms with Crippen LogP contribution in [0.3, 0.4) is 0 Å². The van der Waals surface area contributed by atoms with E-state index in [4.69, 9.17) is 0 Å². The van der Waals surface area contributed by atoms with E-state index < -0.39 is 0 Å². The standard InChI is InChI=1S/C11H16.C6H12/c1-3-4-8-11-9-6-5-7-10(11)2;1-5(2)6(3)4/h5-7,9H,3-4,8H2,1-2H3;6H,1H2,2-4H3. The molecule has 0 unspecified atom stereocenters. The minimum atomic E-state index is 0.657. The van der Waals surface area contributed by atoms with Crippen LogP contribution in [-0.4, -0.2) is 0 Å². The van der Waals surface area contributed by atoms with Crippen LogP contribution in [0.1, 0.15) is 51.7 Å². The van der Waals surface area contributed by atoms with Crippen molar-refractivity contribution >= 4 is 0 Å². The predicted molar refractivity (Wildman–Crippen MR) is 79.4 cm³/mol. The lowest BCUT2D eigenvalue weighted by atomic mass is 10.0. The van der Waals surface area contributed by atoms with E-state index in [9.17, 15) is 0 Å². The maximum atomic E-state index is 3.75. The molecule has 0 aromatic heterocycles. The van der Waals surface area contributed by atoms with Gasteiger partial charge in [0.05, 0.1) is 0 Å². The maximum absolute atomic E-state index is 3.75. The van der Waals surface area contributed by atoms with E-state index in [1.165, 1.54) is 36.0 Å². The Hall–Kier alpha value is -1.04. The Labute approximate surface area is 108 Å². The fraction of sp³-hybridized carbons (Fsp3) is 0.529. The van der Waals surface area contributed by atoms with E-state index in [1.807, 2.05) is 6.92 Å². The van der Waals surface area contributed by atoms with Crippen LogP contribution in [-0.2, 0) is 6.42 Å². The average molecular weight is 232 g/mol. The Balaban J connectivity index is 0.000000366. The van der Waals surface area contributed by atoms with E-state index in [0.29, 0.717) is 5.92 Å². The average Bonchev–Trinajstić information content (AvgIpc) is 2.29. The summed E-state index contributed by atoms with van der Waals surface area (Å²) < 4.78 is 0. The molecule has 0 spiro atoms. The van der Waals surface area contributed by atoms with Crippen molar-refractivity contribution in [3.63, 3.8) is 0 Å². The van der Waals surface area contributed by atoms with Gasteiger partial charge in [0.25, 0.3) is 0 Å². The molecule has 17 heavy (non-hydrogen) atoms. The third-order valence-corrected chi connectivity index (χ3v) is 3.05. The lowest BCUT2D eigenvalue weighted by Gasteiger charge is -2.02. The molecular formula is C17H28. The highest BCUT2D eigenvalue weighted by Crippen LogP contribution is 2.09. The van der Waals surface area contributed by atoms with Crippen molar-refractivity contribution in [1.82, 2.24) is 0 Å². The van der Waals surface area contributed by atoms with Crippen molar-refractivity contribution in [1.29, 1.82) is 0 Å². The molecule has 0 atom stereocenters. The Kier molecular flexibility index (Phi) is 8.49. The van der Waals surface area contributed by atoms with Gasteiger partial charge in [0.2, 0.25) is 0 Å². The summed E-state index contributed by atoms with van der Waals surface area (Å²) in [4.78, 5) is 0. The Bertz CT molecular complexity index is 321. The summed E-state index contributed by atoms with van der Waals surface area (Å²) in [5.41, 5.74) is 4.20. The zero-order valence-corrected chi connectivity index (χ0v) is 12.2. The molecule has 1 rings (SSSR count). The summed E-state index contributed by atoms with van der Waals surface area (Å²) in [7, 11) is 0. The van der Waals surface area contributed by atoms with E-state index in [0.717, 1.165) is 0 Å². The van der Waals surface area contributed by atoms with Gasteiger partial charge in [-0.15, -0.1) is 0 Å². The summed E-state index contributed by atoms with van der Waals surface area (Å²) in [6.45, 7) is 14.5. The van der Waals surface area contributed by atoms with Crippen LogP contribution in [0.2, 0.25) is 0 Å². The van der Waals surface area contributed by atoms with Crippen LogP contribution in [0.25, 0.3) is 0 Å². The molecule has 96 valence electrons. The fourth-order valence-corrected chi connectivity index (χ4v) is 1.26.